The lowest BCUT2D eigenvalue weighted by molar-refractivity contribution is -0.274. The maximum atomic E-state index is 12.2. The summed E-state index contributed by atoms with van der Waals surface area (Å²) in [5.41, 5.74) is 2.07. The number of aromatic amines is 1. The Hall–Kier alpha value is -3.23. The van der Waals surface area contributed by atoms with Gasteiger partial charge in [0, 0.05) is 6.42 Å². The number of imidazole rings is 1. The summed E-state index contributed by atoms with van der Waals surface area (Å²) in [4.78, 5) is 18.5. The number of alkyl halides is 3. The number of halogens is 3. The molecule has 0 aliphatic carbocycles. The number of nitrogens with one attached hydrogen (secondary N) is 2. The number of hydrogen-bond acceptors (Lipinski definition) is 3. The lowest BCUT2D eigenvalue weighted by Gasteiger charge is -2.15. The quantitative estimate of drug-likeness (QED) is 0.637. The molecule has 0 radical (unpaired) electrons. The first-order valence-electron chi connectivity index (χ1n) is 7.59. The molecule has 0 spiro atoms. The van der Waals surface area contributed by atoms with Gasteiger partial charge >= 0.3 is 12.5 Å². The fourth-order valence-electron chi connectivity index (χ4n) is 2.57. The minimum Gasteiger partial charge on any atom is -0.465 e. The number of hydrogen-bond donors (Lipinski definition) is 3. The molecule has 1 unspecified atom stereocenters. The van der Waals surface area contributed by atoms with Crippen LogP contribution in [0.25, 0.3) is 11.0 Å². The third-order valence-electron chi connectivity index (χ3n) is 3.63. The van der Waals surface area contributed by atoms with Crippen LogP contribution in [0.2, 0.25) is 0 Å². The summed E-state index contributed by atoms with van der Waals surface area (Å²) in [5.74, 6) is 0.0805. The van der Waals surface area contributed by atoms with Crippen molar-refractivity contribution in [2.24, 2.45) is 0 Å². The van der Waals surface area contributed by atoms with Crippen molar-refractivity contribution in [2.75, 3.05) is 0 Å². The smallest absolute Gasteiger partial charge is 0.465 e. The minimum absolute atomic E-state index is 0.207. The van der Waals surface area contributed by atoms with Gasteiger partial charge < -0.3 is 20.1 Å². The molecule has 3 rings (SSSR count). The molecule has 2 aromatic carbocycles. The van der Waals surface area contributed by atoms with E-state index >= 15 is 0 Å². The van der Waals surface area contributed by atoms with Crippen molar-refractivity contribution >= 4 is 17.1 Å². The Balaban J connectivity index is 1.81. The fraction of sp³-hybridized carbons (Fsp3) is 0.176. The summed E-state index contributed by atoms with van der Waals surface area (Å²) in [6.45, 7) is 0. The van der Waals surface area contributed by atoms with Crippen molar-refractivity contribution in [3.05, 3.63) is 59.9 Å². The van der Waals surface area contributed by atoms with Crippen LogP contribution >= 0.6 is 0 Å². The topological polar surface area (TPSA) is 87.2 Å². The molecule has 1 heterocycles. The Morgan fingerprint density at radius 3 is 2.50 bits per heavy atom. The van der Waals surface area contributed by atoms with Crippen LogP contribution in [0.4, 0.5) is 18.0 Å². The molecule has 3 N–H and O–H groups in total. The number of fused-ring (bicyclic) bond motifs is 1. The summed E-state index contributed by atoms with van der Waals surface area (Å²) >= 11 is 0. The zero-order chi connectivity index (χ0) is 18.7. The standard InChI is InChI=1S/C17H14F3N3O3/c18-17(19,20)26-11-7-5-10(6-8-11)9-14(23-16(24)25)15-21-12-3-1-2-4-13(12)22-15/h1-8,14,23H,9H2,(H,21,22)(H,24,25). The first-order chi connectivity index (χ1) is 12.3. The first-order valence-corrected chi connectivity index (χ1v) is 7.59. The average Bonchev–Trinajstić information content (AvgIpc) is 2.98. The van der Waals surface area contributed by atoms with Crippen molar-refractivity contribution in [1.82, 2.24) is 15.3 Å². The number of H-pyrrole nitrogens is 1. The Labute approximate surface area is 145 Å². The van der Waals surface area contributed by atoms with E-state index in [1.54, 1.807) is 6.07 Å². The number of para-hydroxylation sites is 2. The van der Waals surface area contributed by atoms with Gasteiger partial charge in [-0.3, -0.25) is 0 Å². The van der Waals surface area contributed by atoms with Crippen LogP contribution in [-0.2, 0) is 6.42 Å². The average molecular weight is 365 g/mol. The lowest BCUT2D eigenvalue weighted by Crippen LogP contribution is -2.29. The predicted molar refractivity (Wildman–Crippen MR) is 86.8 cm³/mol. The van der Waals surface area contributed by atoms with Crippen molar-refractivity contribution in [1.29, 1.82) is 0 Å². The largest absolute Gasteiger partial charge is 0.573 e. The Morgan fingerprint density at radius 2 is 1.88 bits per heavy atom. The normalized spacial score (nSPS) is 12.7. The number of carbonyl (C=O) groups is 1. The number of amides is 1. The van der Waals surface area contributed by atoms with Gasteiger partial charge in [-0.2, -0.15) is 0 Å². The Morgan fingerprint density at radius 1 is 1.19 bits per heavy atom. The lowest BCUT2D eigenvalue weighted by atomic mass is 10.1. The van der Waals surface area contributed by atoms with E-state index in [1.165, 1.54) is 24.3 Å². The monoisotopic (exact) mass is 365 g/mol. The van der Waals surface area contributed by atoms with Gasteiger partial charge in [0.1, 0.15) is 11.6 Å². The molecule has 9 heteroatoms. The van der Waals surface area contributed by atoms with Gasteiger partial charge in [-0.25, -0.2) is 9.78 Å². The predicted octanol–water partition coefficient (Wildman–Crippen LogP) is 4.01. The number of benzene rings is 2. The zero-order valence-corrected chi connectivity index (χ0v) is 13.2. The van der Waals surface area contributed by atoms with Gasteiger partial charge in [0.25, 0.3) is 0 Å². The highest BCUT2D eigenvalue weighted by molar-refractivity contribution is 5.75. The summed E-state index contributed by atoms with van der Waals surface area (Å²) in [6, 6.07) is 11.8. The number of nitrogens with zero attached hydrogens (tertiary/aromatic N) is 1. The van der Waals surface area contributed by atoms with Crippen LogP contribution in [0.1, 0.15) is 17.4 Å². The van der Waals surface area contributed by atoms with E-state index in [1.807, 2.05) is 18.2 Å². The molecule has 136 valence electrons. The maximum Gasteiger partial charge on any atom is 0.573 e. The third-order valence-corrected chi connectivity index (χ3v) is 3.63. The zero-order valence-electron chi connectivity index (χ0n) is 13.2. The molecule has 0 bridgehead atoms. The van der Waals surface area contributed by atoms with Crippen molar-refractivity contribution < 1.29 is 27.8 Å². The van der Waals surface area contributed by atoms with Crippen LogP contribution in [0.5, 0.6) is 5.75 Å². The number of rotatable bonds is 5. The summed E-state index contributed by atoms with van der Waals surface area (Å²) in [6.07, 6.45) is -5.78. The van der Waals surface area contributed by atoms with Gasteiger partial charge in [-0.1, -0.05) is 24.3 Å². The fourth-order valence-corrected chi connectivity index (χ4v) is 2.57. The number of aromatic nitrogens is 2. The second-order valence-electron chi connectivity index (χ2n) is 5.54. The van der Waals surface area contributed by atoms with Crippen LogP contribution in [-0.4, -0.2) is 27.5 Å². The van der Waals surface area contributed by atoms with Gasteiger partial charge in [-0.05, 0) is 29.8 Å². The number of carboxylic acid groups (broad SMARTS) is 1. The molecule has 0 fully saturated rings. The van der Waals surface area contributed by atoms with E-state index in [9.17, 15) is 18.0 Å². The van der Waals surface area contributed by atoms with E-state index in [-0.39, 0.29) is 12.2 Å². The molecule has 1 aromatic heterocycles. The molecule has 0 aliphatic heterocycles. The van der Waals surface area contributed by atoms with Gasteiger partial charge in [-0.15, -0.1) is 13.2 Å². The van der Waals surface area contributed by atoms with Crippen LogP contribution in [0.15, 0.2) is 48.5 Å². The SMILES string of the molecule is O=C(O)NC(Cc1ccc(OC(F)(F)F)cc1)c1nc2ccccc2[nH]1. The van der Waals surface area contributed by atoms with E-state index < -0.39 is 18.5 Å². The van der Waals surface area contributed by atoms with Crippen molar-refractivity contribution in [3.63, 3.8) is 0 Å². The van der Waals surface area contributed by atoms with E-state index in [2.05, 4.69) is 20.0 Å². The maximum absolute atomic E-state index is 12.2. The van der Waals surface area contributed by atoms with E-state index in [0.29, 0.717) is 16.9 Å². The van der Waals surface area contributed by atoms with Crippen LogP contribution in [0.3, 0.4) is 0 Å². The molecular weight excluding hydrogens is 351 g/mol. The molecule has 1 atom stereocenters. The molecule has 1 amide bonds. The number of ether oxygens (including phenoxy) is 1. The van der Waals surface area contributed by atoms with E-state index in [0.717, 1.165) is 5.52 Å². The molecule has 0 saturated heterocycles. The first kappa shape index (κ1) is 17.6. The van der Waals surface area contributed by atoms with Gasteiger partial charge in [0.2, 0.25) is 0 Å². The second kappa shape index (κ2) is 6.95. The van der Waals surface area contributed by atoms with Crippen LogP contribution < -0.4 is 10.1 Å². The highest BCUT2D eigenvalue weighted by Crippen LogP contribution is 2.25. The van der Waals surface area contributed by atoms with Crippen molar-refractivity contribution in [3.8, 4) is 5.75 Å². The second-order valence-corrected chi connectivity index (χ2v) is 5.54. The Bertz CT molecular complexity index is 874. The highest BCUT2D eigenvalue weighted by atomic mass is 19.4. The van der Waals surface area contributed by atoms with Crippen LogP contribution in [0, 0.1) is 0 Å². The minimum atomic E-state index is -4.76. The van der Waals surface area contributed by atoms with Gasteiger partial charge in [0.05, 0.1) is 17.1 Å². The highest BCUT2D eigenvalue weighted by Gasteiger charge is 2.31. The van der Waals surface area contributed by atoms with Crippen molar-refractivity contribution in [2.45, 2.75) is 18.8 Å². The summed E-state index contributed by atoms with van der Waals surface area (Å²) in [5, 5.41) is 11.4. The summed E-state index contributed by atoms with van der Waals surface area (Å²) < 4.78 is 40.4. The Kier molecular flexibility index (Phi) is 4.70. The molecule has 3 aromatic rings. The van der Waals surface area contributed by atoms with E-state index in [4.69, 9.17) is 5.11 Å². The molecular formula is C17H14F3N3O3. The third kappa shape index (κ3) is 4.44. The molecule has 0 aliphatic rings. The summed E-state index contributed by atoms with van der Waals surface area (Å²) in [7, 11) is 0. The molecule has 0 saturated carbocycles. The van der Waals surface area contributed by atoms with Gasteiger partial charge in [0.15, 0.2) is 0 Å². The molecule has 6 nitrogen and oxygen atoms in total. The molecule has 26 heavy (non-hydrogen) atoms.